The molecule has 0 saturated heterocycles. The first-order chi connectivity index (χ1) is 35.4. The first-order valence-corrected chi connectivity index (χ1v) is 24.7. The van der Waals surface area contributed by atoms with Gasteiger partial charge in [-0.05, 0) is 112 Å². The van der Waals surface area contributed by atoms with Crippen LogP contribution in [0.25, 0.3) is 133 Å². The third kappa shape index (κ3) is 6.07. The van der Waals surface area contributed by atoms with Gasteiger partial charge >= 0.3 is 0 Å². The maximum atomic E-state index is 6.45. The fourth-order valence-corrected chi connectivity index (χ4v) is 11.8. The molecule has 0 radical (unpaired) electrons. The van der Waals surface area contributed by atoms with E-state index < -0.39 is 0 Å². The third-order valence-electron chi connectivity index (χ3n) is 15.3. The summed E-state index contributed by atoms with van der Waals surface area (Å²) in [4.78, 5) is 10.2. The van der Waals surface area contributed by atoms with E-state index in [9.17, 15) is 0 Å². The van der Waals surface area contributed by atoms with Gasteiger partial charge in [0.15, 0.2) is 5.82 Å². The van der Waals surface area contributed by atoms with Crippen LogP contribution in [-0.4, -0.2) is 19.1 Å². The Morgan fingerprint density at radius 2 is 0.861 bits per heavy atom. The molecule has 14 aromatic rings. The first-order valence-electron chi connectivity index (χ1n) is 24.7. The molecule has 0 spiro atoms. The van der Waals surface area contributed by atoms with Crippen molar-refractivity contribution in [3.63, 3.8) is 0 Å². The highest BCUT2D eigenvalue weighted by atomic mass is 16.3. The molecule has 0 bridgehead atoms. The van der Waals surface area contributed by atoms with Crippen LogP contribution >= 0.6 is 0 Å². The molecule has 0 saturated carbocycles. The van der Waals surface area contributed by atoms with Gasteiger partial charge in [0.05, 0.1) is 33.5 Å². The van der Waals surface area contributed by atoms with Crippen molar-refractivity contribution in [1.82, 2.24) is 19.1 Å². The Balaban J connectivity index is 0.917. The summed E-state index contributed by atoms with van der Waals surface area (Å²) >= 11 is 0. The molecule has 15 rings (SSSR count). The Morgan fingerprint density at radius 3 is 1.56 bits per heavy atom. The fraction of sp³-hybridized carbons (Fsp3) is 0.0448. The van der Waals surface area contributed by atoms with E-state index in [1.807, 2.05) is 30.3 Å². The molecule has 10 aromatic carbocycles. The summed E-state index contributed by atoms with van der Waals surface area (Å²) in [5.41, 5.74) is 21.0. The lowest BCUT2D eigenvalue weighted by atomic mass is 9.82. The summed E-state index contributed by atoms with van der Waals surface area (Å²) in [6.45, 7) is 4.73. The van der Waals surface area contributed by atoms with Crippen molar-refractivity contribution in [1.29, 1.82) is 0 Å². The van der Waals surface area contributed by atoms with E-state index in [2.05, 4.69) is 223 Å². The quantitative estimate of drug-likeness (QED) is 0.167. The van der Waals surface area contributed by atoms with Gasteiger partial charge < -0.3 is 13.6 Å². The number of rotatable bonds is 6. The van der Waals surface area contributed by atoms with Crippen molar-refractivity contribution in [3.8, 4) is 67.5 Å². The van der Waals surface area contributed by atoms with Crippen molar-refractivity contribution < 1.29 is 4.42 Å². The van der Waals surface area contributed by atoms with Crippen LogP contribution in [0.4, 0.5) is 0 Å². The highest BCUT2D eigenvalue weighted by molar-refractivity contribution is 6.18. The summed E-state index contributed by atoms with van der Waals surface area (Å²) in [7, 11) is 0. The zero-order chi connectivity index (χ0) is 47.7. The Morgan fingerprint density at radius 1 is 0.333 bits per heavy atom. The minimum atomic E-state index is -0.154. The Hall–Kier alpha value is -9.32. The van der Waals surface area contributed by atoms with E-state index >= 15 is 0 Å². The molecular formula is C67H44N4O. The van der Waals surface area contributed by atoms with Crippen LogP contribution in [0.2, 0.25) is 0 Å². The first kappa shape index (κ1) is 40.6. The van der Waals surface area contributed by atoms with Crippen molar-refractivity contribution >= 4 is 65.6 Å². The van der Waals surface area contributed by atoms with Crippen LogP contribution in [0.5, 0.6) is 0 Å². The van der Waals surface area contributed by atoms with Crippen LogP contribution in [-0.2, 0) is 5.41 Å². The smallest absolute Gasteiger partial charge is 0.160 e. The number of aromatic nitrogens is 4. The van der Waals surface area contributed by atoms with Gasteiger partial charge in [-0.15, -0.1) is 0 Å². The van der Waals surface area contributed by atoms with Crippen molar-refractivity contribution in [2.75, 3.05) is 0 Å². The van der Waals surface area contributed by atoms with Crippen LogP contribution in [0, 0.1) is 0 Å². The highest BCUT2D eigenvalue weighted by Crippen LogP contribution is 2.51. The highest BCUT2D eigenvalue weighted by Gasteiger charge is 2.36. The largest absolute Gasteiger partial charge is 0.456 e. The molecular weight excluding hydrogens is 877 g/mol. The standard InChI is InChI=1S/C67H44N4O/c1-67(2)56-24-14-12-22-48(56)50-36-53-51-34-44(45-28-32-60-52(35-45)54-37-55-49-23-13-15-25-64(49)72-65(55)40-63(54)70(60)46-20-10-5-11-21-46)29-33-61(51)71(62(53)38-57(50)67)47-30-26-42(27-31-47)59-39-58(41-16-6-3-7-17-41)68-66(69-59)43-18-8-4-9-19-43/h3-40H,1-2H3. The number of hydrogen-bond acceptors (Lipinski definition) is 3. The van der Waals surface area contributed by atoms with E-state index in [0.717, 1.165) is 77.9 Å². The lowest BCUT2D eigenvalue weighted by molar-refractivity contribution is 0.661. The SMILES string of the molecule is CC1(C)c2ccccc2-c2cc3c4cc(-c5ccc6c(c5)c5cc7c(cc5n6-c5ccccc5)oc5ccccc57)ccc4n(-c4ccc(-c5cc(-c6ccccc6)nc(-c6ccccc6)n5)cc4)c3cc21. The summed E-state index contributed by atoms with van der Waals surface area (Å²) < 4.78 is 11.3. The topological polar surface area (TPSA) is 48.8 Å². The molecule has 338 valence electrons. The molecule has 0 fully saturated rings. The summed E-state index contributed by atoms with van der Waals surface area (Å²) in [5.74, 6) is 0.705. The molecule has 1 aliphatic carbocycles. The second kappa shape index (κ2) is 15.3. The fourth-order valence-electron chi connectivity index (χ4n) is 11.8. The predicted molar refractivity (Wildman–Crippen MR) is 297 cm³/mol. The molecule has 0 unspecified atom stereocenters. The minimum absolute atomic E-state index is 0.154. The van der Waals surface area contributed by atoms with Crippen molar-refractivity contribution in [2.24, 2.45) is 0 Å². The molecule has 5 nitrogen and oxygen atoms in total. The maximum absolute atomic E-state index is 6.45. The molecule has 0 aliphatic heterocycles. The lowest BCUT2D eigenvalue weighted by Gasteiger charge is -2.21. The molecule has 0 atom stereocenters. The lowest BCUT2D eigenvalue weighted by Crippen LogP contribution is -2.14. The van der Waals surface area contributed by atoms with E-state index in [1.165, 1.54) is 60.4 Å². The van der Waals surface area contributed by atoms with Gasteiger partial charge in [0.2, 0.25) is 0 Å². The van der Waals surface area contributed by atoms with Gasteiger partial charge in [-0.1, -0.05) is 159 Å². The van der Waals surface area contributed by atoms with Crippen LogP contribution in [0.15, 0.2) is 235 Å². The second-order valence-corrected chi connectivity index (χ2v) is 19.8. The second-order valence-electron chi connectivity index (χ2n) is 19.8. The van der Waals surface area contributed by atoms with E-state index in [0.29, 0.717) is 5.82 Å². The molecule has 4 heterocycles. The number of benzene rings is 10. The number of fused-ring (bicyclic) bond motifs is 12. The molecule has 72 heavy (non-hydrogen) atoms. The van der Waals surface area contributed by atoms with Crippen LogP contribution in [0.1, 0.15) is 25.0 Å². The number of hydrogen-bond donors (Lipinski definition) is 0. The van der Waals surface area contributed by atoms with Gasteiger partial charge in [0.25, 0.3) is 0 Å². The third-order valence-corrected chi connectivity index (χ3v) is 15.3. The minimum Gasteiger partial charge on any atom is -0.456 e. The van der Waals surface area contributed by atoms with E-state index in [4.69, 9.17) is 14.4 Å². The molecule has 1 aliphatic rings. The Bertz CT molecular complexity index is 4450. The van der Waals surface area contributed by atoms with Gasteiger partial charge in [-0.25, -0.2) is 9.97 Å². The average molecular weight is 921 g/mol. The predicted octanol–water partition coefficient (Wildman–Crippen LogP) is 17.5. The van der Waals surface area contributed by atoms with E-state index in [1.54, 1.807) is 0 Å². The molecule has 0 amide bonds. The number of para-hydroxylation sites is 2. The van der Waals surface area contributed by atoms with Gasteiger partial charge in [0, 0.05) is 71.9 Å². The van der Waals surface area contributed by atoms with Crippen molar-refractivity contribution in [3.05, 3.63) is 242 Å². The number of nitrogens with zero attached hydrogens (tertiary/aromatic N) is 4. The van der Waals surface area contributed by atoms with Gasteiger partial charge in [0.1, 0.15) is 11.2 Å². The summed E-state index contributed by atoms with van der Waals surface area (Å²) in [5, 5.41) is 7.10. The van der Waals surface area contributed by atoms with Crippen LogP contribution in [0.3, 0.4) is 0 Å². The zero-order valence-corrected chi connectivity index (χ0v) is 39.6. The summed E-state index contributed by atoms with van der Waals surface area (Å²) in [6, 6.07) is 83.1. The maximum Gasteiger partial charge on any atom is 0.160 e. The summed E-state index contributed by atoms with van der Waals surface area (Å²) in [6.07, 6.45) is 0. The Labute approximate surface area is 415 Å². The van der Waals surface area contributed by atoms with Crippen LogP contribution < -0.4 is 0 Å². The molecule has 5 heteroatoms. The van der Waals surface area contributed by atoms with Gasteiger partial charge in [-0.2, -0.15) is 0 Å². The zero-order valence-electron chi connectivity index (χ0n) is 39.6. The molecule has 4 aromatic heterocycles. The monoisotopic (exact) mass is 920 g/mol. The Kier molecular flexibility index (Phi) is 8.64. The normalized spacial score (nSPS) is 13.0. The molecule has 0 N–H and O–H groups in total. The van der Waals surface area contributed by atoms with Crippen molar-refractivity contribution in [2.45, 2.75) is 19.3 Å². The van der Waals surface area contributed by atoms with E-state index in [-0.39, 0.29) is 5.41 Å². The number of furan rings is 1. The average Bonchev–Trinajstić information content (AvgIpc) is 4.14. The van der Waals surface area contributed by atoms with Gasteiger partial charge in [-0.3, -0.25) is 0 Å².